The Morgan fingerprint density at radius 1 is 1.47 bits per heavy atom. The predicted octanol–water partition coefficient (Wildman–Crippen LogP) is 1.94. The molecule has 0 fully saturated rings. The van der Waals surface area contributed by atoms with Crippen LogP contribution in [0.15, 0.2) is 36.9 Å². The van der Waals surface area contributed by atoms with Gasteiger partial charge in [0.05, 0.1) is 24.0 Å². The summed E-state index contributed by atoms with van der Waals surface area (Å²) in [5, 5.41) is 3.02. The summed E-state index contributed by atoms with van der Waals surface area (Å²) >= 11 is 0. The van der Waals surface area contributed by atoms with Gasteiger partial charge in [0.2, 0.25) is 0 Å². The van der Waals surface area contributed by atoms with E-state index in [1.807, 2.05) is 24.3 Å². The highest BCUT2D eigenvalue weighted by Crippen LogP contribution is 2.16. The van der Waals surface area contributed by atoms with Gasteiger partial charge in [-0.3, -0.25) is 4.79 Å². The number of ketones is 1. The Kier molecular flexibility index (Phi) is 4.47. The normalized spacial score (nSPS) is 10.8. The van der Waals surface area contributed by atoms with Gasteiger partial charge in [0.1, 0.15) is 5.82 Å². The largest absolute Gasteiger partial charge is 0.328 e. The number of imidazole rings is 1. The van der Waals surface area contributed by atoms with Gasteiger partial charge in [0.15, 0.2) is 5.78 Å². The number of carbonyl (C=O) groups excluding carboxylic acids is 1. The van der Waals surface area contributed by atoms with E-state index in [1.54, 1.807) is 6.08 Å². The fraction of sp³-hybridized carbons (Fsp3) is 0.333. The van der Waals surface area contributed by atoms with Gasteiger partial charge in [-0.25, -0.2) is 4.98 Å². The minimum atomic E-state index is 0.145. The van der Waals surface area contributed by atoms with Crippen molar-refractivity contribution in [1.82, 2.24) is 14.9 Å². The van der Waals surface area contributed by atoms with Crippen molar-refractivity contribution in [3.8, 4) is 0 Å². The minimum Gasteiger partial charge on any atom is -0.328 e. The Morgan fingerprint density at radius 2 is 2.26 bits per heavy atom. The molecule has 0 aliphatic carbocycles. The smallest absolute Gasteiger partial charge is 0.154 e. The molecule has 0 amide bonds. The van der Waals surface area contributed by atoms with E-state index in [9.17, 15) is 4.79 Å². The summed E-state index contributed by atoms with van der Waals surface area (Å²) in [5.74, 6) is 0.987. The zero-order chi connectivity index (χ0) is 13.7. The number of nitrogens with one attached hydrogen (secondary N) is 1. The summed E-state index contributed by atoms with van der Waals surface area (Å²) in [6.45, 7) is 7.51. The topological polar surface area (TPSA) is 46.9 Å². The van der Waals surface area contributed by atoms with Crippen molar-refractivity contribution in [1.29, 1.82) is 0 Å². The molecule has 0 radical (unpaired) electrons. The van der Waals surface area contributed by atoms with E-state index in [4.69, 9.17) is 0 Å². The van der Waals surface area contributed by atoms with Crippen LogP contribution < -0.4 is 5.32 Å². The molecule has 2 rings (SSSR count). The zero-order valence-corrected chi connectivity index (χ0v) is 11.2. The molecule has 100 valence electrons. The van der Waals surface area contributed by atoms with Crippen LogP contribution in [0.25, 0.3) is 11.0 Å². The number of aromatic nitrogens is 2. The number of para-hydroxylation sites is 2. The third-order valence-electron chi connectivity index (χ3n) is 3.02. The standard InChI is InChI=1S/C15H19N3O/c1-3-9-16-11-12(19)10-15-17-13-7-5-6-8-14(13)18(15)4-2/h3,5-8,16H,1,4,9-11H2,2H3. The molecular weight excluding hydrogens is 238 g/mol. The number of nitrogens with zero attached hydrogens (tertiary/aromatic N) is 2. The molecule has 4 nitrogen and oxygen atoms in total. The molecule has 1 heterocycles. The van der Waals surface area contributed by atoms with Crippen molar-refractivity contribution in [2.45, 2.75) is 19.9 Å². The molecule has 19 heavy (non-hydrogen) atoms. The molecule has 0 spiro atoms. The van der Waals surface area contributed by atoms with Crippen molar-refractivity contribution in [3.63, 3.8) is 0 Å². The molecule has 0 aliphatic heterocycles. The number of fused-ring (bicyclic) bond motifs is 1. The molecule has 0 bridgehead atoms. The van der Waals surface area contributed by atoms with E-state index < -0.39 is 0 Å². The first-order valence-electron chi connectivity index (χ1n) is 6.53. The molecule has 0 saturated heterocycles. The van der Waals surface area contributed by atoms with Crippen molar-refractivity contribution >= 4 is 16.8 Å². The average molecular weight is 257 g/mol. The van der Waals surface area contributed by atoms with Gasteiger partial charge >= 0.3 is 0 Å². The molecule has 4 heteroatoms. The highest BCUT2D eigenvalue weighted by Gasteiger charge is 2.12. The molecule has 0 saturated carbocycles. The van der Waals surface area contributed by atoms with Crippen LogP contribution in [0.5, 0.6) is 0 Å². The highest BCUT2D eigenvalue weighted by molar-refractivity contribution is 5.84. The maximum Gasteiger partial charge on any atom is 0.154 e. The SMILES string of the molecule is C=CCNCC(=O)Cc1nc2ccccc2n1CC. The van der Waals surface area contributed by atoms with Crippen molar-refractivity contribution in [2.75, 3.05) is 13.1 Å². The average Bonchev–Trinajstić information content (AvgIpc) is 2.76. The van der Waals surface area contributed by atoms with E-state index >= 15 is 0 Å². The number of carbonyl (C=O) groups is 1. The van der Waals surface area contributed by atoms with Crippen LogP contribution >= 0.6 is 0 Å². The number of benzene rings is 1. The Hall–Kier alpha value is -1.94. The fourth-order valence-corrected chi connectivity index (χ4v) is 2.17. The molecule has 0 atom stereocenters. The van der Waals surface area contributed by atoms with E-state index in [2.05, 4.69) is 28.4 Å². The van der Waals surface area contributed by atoms with Gasteiger partial charge in [0, 0.05) is 13.1 Å². The Bertz CT molecular complexity index is 586. The third-order valence-corrected chi connectivity index (χ3v) is 3.02. The molecule has 2 aromatic rings. The van der Waals surface area contributed by atoms with Crippen LogP contribution in [-0.2, 0) is 17.8 Å². The van der Waals surface area contributed by atoms with E-state index in [-0.39, 0.29) is 5.78 Å². The quantitative estimate of drug-likeness (QED) is 0.609. The van der Waals surface area contributed by atoms with Gasteiger partial charge < -0.3 is 9.88 Å². The van der Waals surface area contributed by atoms with E-state index in [0.717, 1.165) is 23.4 Å². The first-order chi connectivity index (χ1) is 9.26. The van der Waals surface area contributed by atoms with Gasteiger partial charge in [-0.15, -0.1) is 6.58 Å². The first kappa shape index (κ1) is 13.5. The van der Waals surface area contributed by atoms with Gasteiger partial charge in [0.25, 0.3) is 0 Å². The first-order valence-corrected chi connectivity index (χ1v) is 6.53. The van der Waals surface area contributed by atoms with Crippen LogP contribution in [0, 0.1) is 0 Å². The lowest BCUT2D eigenvalue weighted by Crippen LogP contribution is -2.25. The number of hydrogen-bond donors (Lipinski definition) is 1. The summed E-state index contributed by atoms with van der Waals surface area (Å²) in [4.78, 5) is 16.4. The molecular formula is C15H19N3O. The van der Waals surface area contributed by atoms with Crippen LogP contribution in [0.3, 0.4) is 0 Å². The number of aryl methyl sites for hydroxylation is 1. The summed E-state index contributed by atoms with van der Waals surface area (Å²) in [7, 11) is 0. The van der Waals surface area contributed by atoms with Gasteiger partial charge in [-0.2, -0.15) is 0 Å². The maximum absolute atomic E-state index is 11.9. The fourth-order valence-electron chi connectivity index (χ4n) is 2.17. The lowest BCUT2D eigenvalue weighted by molar-refractivity contribution is -0.117. The molecule has 1 aromatic carbocycles. The lowest BCUT2D eigenvalue weighted by Gasteiger charge is -2.05. The second-order valence-electron chi connectivity index (χ2n) is 4.40. The highest BCUT2D eigenvalue weighted by atomic mass is 16.1. The van der Waals surface area contributed by atoms with Crippen LogP contribution in [0.1, 0.15) is 12.7 Å². The van der Waals surface area contributed by atoms with Crippen molar-refractivity contribution in [3.05, 3.63) is 42.7 Å². The summed E-state index contributed by atoms with van der Waals surface area (Å²) < 4.78 is 2.10. The van der Waals surface area contributed by atoms with Crippen LogP contribution in [0.4, 0.5) is 0 Å². The Balaban J connectivity index is 2.15. The second-order valence-corrected chi connectivity index (χ2v) is 4.40. The molecule has 1 aromatic heterocycles. The monoisotopic (exact) mass is 257 g/mol. The Morgan fingerprint density at radius 3 is 3.00 bits per heavy atom. The second kappa shape index (κ2) is 6.29. The van der Waals surface area contributed by atoms with E-state index in [1.165, 1.54) is 0 Å². The molecule has 0 unspecified atom stereocenters. The number of Topliss-reactive ketones (excluding diaryl/α,β-unsaturated/α-hetero) is 1. The molecule has 1 N–H and O–H groups in total. The predicted molar refractivity (Wildman–Crippen MR) is 77.2 cm³/mol. The molecule has 0 aliphatic rings. The van der Waals surface area contributed by atoms with Gasteiger partial charge in [-0.05, 0) is 19.1 Å². The van der Waals surface area contributed by atoms with Crippen LogP contribution in [0.2, 0.25) is 0 Å². The number of hydrogen-bond acceptors (Lipinski definition) is 3. The Labute approximate surface area is 113 Å². The lowest BCUT2D eigenvalue weighted by atomic mass is 10.2. The zero-order valence-electron chi connectivity index (χ0n) is 11.2. The van der Waals surface area contributed by atoms with Gasteiger partial charge in [-0.1, -0.05) is 18.2 Å². The number of rotatable bonds is 7. The van der Waals surface area contributed by atoms with Crippen molar-refractivity contribution in [2.24, 2.45) is 0 Å². The van der Waals surface area contributed by atoms with Crippen molar-refractivity contribution < 1.29 is 4.79 Å². The summed E-state index contributed by atoms with van der Waals surface area (Å²) in [6, 6.07) is 7.97. The summed E-state index contributed by atoms with van der Waals surface area (Å²) in [6.07, 6.45) is 2.11. The summed E-state index contributed by atoms with van der Waals surface area (Å²) in [5.41, 5.74) is 2.04. The third kappa shape index (κ3) is 3.09. The maximum atomic E-state index is 11.9. The van der Waals surface area contributed by atoms with E-state index in [0.29, 0.717) is 19.5 Å². The minimum absolute atomic E-state index is 0.145. The van der Waals surface area contributed by atoms with Crippen LogP contribution in [-0.4, -0.2) is 28.4 Å².